The molecule has 2 saturated heterocycles. The number of carbonyl (C=O) groups is 1. The summed E-state index contributed by atoms with van der Waals surface area (Å²) >= 11 is 0. The molecular weight excluding hydrogens is 967 g/mol. The maximum atomic E-state index is 13.3. The predicted octanol–water partition coefficient (Wildman–Crippen LogP) is 10.3. The third kappa shape index (κ3) is 32.5. The SMILES string of the molecule is CC/C=C\C/C=C\C/C=C\C/C=C\CCCCCCCCCCCCC(=O)NC(COC1OC(CO)C(OC2OC(CO)C(O)C(O)C2O)C(O)C1O)C(O)/C=C/CC/C=C/CCCCCCCCCCCCCCC. The quantitative estimate of drug-likeness (QED) is 0.0204. The minimum Gasteiger partial charge on any atom is -0.394 e. The van der Waals surface area contributed by atoms with Crippen molar-refractivity contribution in [3.8, 4) is 0 Å². The lowest BCUT2D eigenvalue weighted by molar-refractivity contribution is -0.359. The molecule has 0 aromatic heterocycles. The average molecular weight is 1080 g/mol. The van der Waals surface area contributed by atoms with E-state index in [0.29, 0.717) is 12.8 Å². The smallest absolute Gasteiger partial charge is 0.220 e. The minimum atomic E-state index is -1.79. The Kier molecular flexibility index (Phi) is 43.2. The molecule has 76 heavy (non-hydrogen) atoms. The van der Waals surface area contributed by atoms with Crippen molar-refractivity contribution in [3.05, 3.63) is 72.9 Å². The Morgan fingerprint density at radius 2 is 0.921 bits per heavy atom. The second kappa shape index (κ2) is 47.3. The molecule has 2 aliphatic heterocycles. The van der Waals surface area contributed by atoms with E-state index in [1.54, 1.807) is 6.08 Å². The van der Waals surface area contributed by atoms with Crippen LogP contribution in [-0.4, -0.2) is 140 Å². The van der Waals surface area contributed by atoms with Gasteiger partial charge in [0.15, 0.2) is 12.6 Å². The van der Waals surface area contributed by atoms with E-state index in [2.05, 4.69) is 79.9 Å². The second-order valence-electron chi connectivity index (χ2n) is 21.1. The van der Waals surface area contributed by atoms with Gasteiger partial charge in [-0.2, -0.15) is 0 Å². The van der Waals surface area contributed by atoms with E-state index in [0.717, 1.165) is 64.2 Å². The maximum Gasteiger partial charge on any atom is 0.220 e. The monoisotopic (exact) mass is 1080 g/mol. The fourth-order valence-electron chi connectivity index (χ4n) is 9.53. The molecule has 12 atom stereocenters. The van der Waals surface area contributed by atoms with Gasteiger partial charge >= 0.3 is 0 Å². The molecule has 2 heterocycles. The number of rotatable bonds is 47. The first-order valence-electron chi connectivity index (χ1n) is 30.2. The summed E-state index contributed by atoms with van der Waals surface area (Å²) in [6, 6.07) is -0.938. The van der Waals surface area contributed by atoms with Gasteiger partial charge in [-0.3, -0.25) is 4.79 Å². The van der Waals surface area contributed by atoms with E-state index >= 15 is 0 Å². The molecule has 2 aliphatic rings. The molecule has 12 unspecified atom stereocenters. The first-order chi connectivity index (χ1) is 37.1. The van der Waals surface area contributed by atoms with Crippen molar-refractivity contribution in [1.82, 2.24) is 5.32 Å². The zero-order chi connectivity index (χ0) is 55.3. The summed E-state index contributed by atoms with van der Waals surface area (Å²) in [5.41, 5.74) is 0. The summed E-state index contributed by atoms with van der Waals surface area (Å²) in [4.78, 5) is 13.3. The third-order valence-electron chi connectivity index (χ3n) is 14.4. The number of unbranched alkanes of at least 4 members (excludes halogenated alkanes) is 24. The van der Waals surface area contributed by atoms with Crippen LogP contribution in [0.4, 0.5) is 0 Å². The van der Waals surface area contributed by atoms with Crippen LogP contribution in [0.2, 0.25) is 0 Å². The standard InChI is InChI=1S/C62H109NO13/c1-3-5-7-9-11-13-15-17-19-21-23-24-25-26-28-30-32-34-36-38-40-42-44-46-54(67)63-50(51(66)45-43-41-39-37-35-33-31-29-27-22-20-18-16-14-12-10-8-6-4-2)49-73-61-59(72)57(70)60(53(48-65)75-61)76-62-58(71)56(69)55(68)52(47-64)74-62/h5,7,11,13,17,19,23-24,35,37,43,45,50-53,55-62,64-66,68-72H,3-4,6,8-10,12,14-16,18,20-22,25-34,36,38-42,44,46-49H2,1-2H3,(H,63,67)/b7-5-,13-11-,19-17-,24-23-,37-35+,45-43+. The molecule has 0 spiro atoms. The van der Waals surface area contributed by atoms with Gasteiger partial charge in [-0.1, -0.05) is 215 Å². The van der Waals surface area contributed by atoms with E-state index in [1.807, 2.05) is 6.08 Å². The highest BCUT2D eigenvalue weighted by Crippen LogP contribution is 2.30. The summed E-state index contributed by atoms with van der Waals surface area (Å²) in [5.74, 6) is -0.256. The topological polar surface area (TPSA) is 228 Å². The van der Waals surface area contributed by atoms with Crippen molar-refractivity contribution in [1.29, 1.82) is 0 Å². The second-order valence-corrected chi connectivity index (χ2v) is 21.1. The predicted molar refractivity (Wildman–Crippen MR) is 304 cm³/mol. The Morgan fingerprint density at radius 3 is 1.45 bits per heavy atom. The van der Waals surface area contributed by atoms with Gasteiger partial charge < -0.3 is 65.1 Å². The highest BCUT2D eigenvalue weighted by atomic mass is 16.7. The Hall–Kier alpha value is -2.57. The number of amides is 1. The van der Waals surface area contributed by atoms with Gasteiger partial charge in [-0.25, -0.2) is 0 Å². The molecule has 0 bridgehead atoms. The van der Waals surface area contributed by atoms with Crippen molar-refractivity contribution in [3.63, 3.8) is 0 Å². The average Bonchev–Trinajstić information content (AvgIpc) is 3.42. The van der Waals surface area contributed by atoms with E-state index in [4.69, 9.17) is 18.9 Å². The van der Waals surface area contributed by atoms with E-state index in [9.17, 15) is 45.6 Å². The van der Waals surface area contributed by atoms with Crippen LogP contribution in [0.1, 0.15) is 219 Å². The summed E-state index contributed by atoms with van der Waals surface area (Å²) in [6.07, 6.45) is 45.1. The Bertz CT molecular complexity index is 1550. The molecule has 0 aromatic rings. The van der Waals surface area contributed by atoms with Crippen LogP contribution in [0.15, 0.2) is 72.9 Å². The summed E-state index contributed by atoms with van der Waals surface area (Å²) in [5, 5.41) is 87.1. The maximum absolute atomic E-state index is 13.3. The van der Waals surface area contributed by atoms with Crippen LogP contribution >= 0.6 is 0 Å². The Labute approximate surface area is 459 Å². The van der Waals surface area contributed by atoms with Crippen LogP contribution in [0, 0.1) is 0 Å². The van der Waals surface area contributed by atoms with Crippen LogP contribution in [0.3, 0.4) is 0 Å². The number of aliphatic hydroxyl groups excluding tert-OH is 8. The molecule has 14 heteroatoms. The first-order valence-corrected chi connectivity index (χ1v) is 30.2. The molecule has 0 radical (unpaired) electrons. The lowest BCUT2D eigenvalue weighted by atomic mass is 9.97. The fraction of sp³-hybridized carbons (Fsp3) is 0.790. The highest BCUT2D eigenvalue weighted by molar-refractivity contribution is 5.76. The molecule has 14 nitrogen and oxygen atoms in total. The molecule has 9 N–H and O–H groups in total. The Balaban J connectivity index is 1.78. The zero-order valence-electron chi connectivity index (χ0n) is 47.2. The van der Waals surface area contributed by atoms with Crippen molar-refractivity contribution in [2.24, 2.45) is 0 Å². The number of nitrogens with one attached hydrogen (secondary N) is 1. The highest BCUT2D eigenvalue weighted by Gasteiger charge is 2.51. The van der Waals surface area contributed by atoms with Crippen LogP contribution < -0.4 is 5.32 Å². The van der Waals surface area contributed by atoms with Crippen LogP contribution in [-0.2, 0) is 23.7 Å². The van der Waals surface area contributed by atoms with Gasteiger partial charge in [-0.05, 0) is 70.6 Å². The van der Waals surface area contributed by atoms with Crippen molar-refractivity contribution in [2.45, 2.75) is 293 Å². The van der Waals surface area contributed by atoms with Crippen molar-refractivity contribution >= 4 is 5.91 Å². The van der Waals surface area contributed by atoms with Gasteiger partial charge in [-0.15, -0.1) is 0 Å². The third-order valence-corrected chi connectivity index (χ3v) is 14.4. The lowest BCUT2D eigenvalue weighted by Gasteiger charge is -2.46. The molecule has 2 rings (SSSR count). The molecular formula is C62H109NO13. The molecule has 1 amide bonds. The first kappa shape index (κ1) is 69.5. The minimum absolute atomic E-state index is 0.256. The van der Waals surface area contributed by atoms with Crippen LogP contribution in [0.25, 0.3) is 0 Å². The largest absolute Gasteiger partial charge is 0.394 e. The number of allylic oxidation sites excluding steroid dienone is 11. The number of carbonyl (C=O) groups excluding carboxylic acids is 1. The summed E-state index contributed by atoms with van der Waals surface area (Å²) < 4.78 is 22.8. The molecule has 440 valence electrons. The number of aliphatic hydroxyl groups is 8. The Morgan fingerprint density at radius 1 is 0.487 bits per heavy atom. The summed E-state index contributed by atoms with van der Waals surface area (Å²) in [7, 11) is 0. The van der Waals surface area contributed by atoms with E-state index in [1.165, 1.54) is 122 Å². The van der Waals surface area contributed by atoms with Gasteiger partial charge in [0.2, 0.25) is 5.91 Å². The molecule has 0 aliphatic carbocycles. The lowest BCUT2D eigenvalue weighted by Crippen LogP contribution is -2.65. The fourth-order valence-corrected chi connectivity index (χ4v) is 9.53. The van der Waals surface area contributed by atoms with Crippen molar-refractivity contribution in [2.75, 3.05) is 19.8 Å². The van der Waals surface area contributed by atoms with Crippen molar-refractivity contribution < 1.29 is 64.6 Å². The van der Waals surface area contributed by atoms with E-state index < -0.39 is 86.8 Å². The van der Waals surface area contributed by atoms with Gasteiger partial charge in [0.1, 0.15) is 48.8 Å². The molecule has 2 fully saturated rings. The molecule has 0 saturated carbocycles. The van der Waals surface area contributed by atoms with E-state index in [-0.39, 0.29) is 18.9 Å². The van der Waals surface area contributed by atoms with Gasteiger partial charge in [0, 0.05) is 6.42 Å². The van der Waals surface area contributed by atoms with Gasteiger partial charge in [0.25, 0.3) is 0 Å². The number of hydrogen-bond donors (Lipinski definition) is 9. The zero-order valence-corrected chi connectivity index (χ0v) is 47.2. The number of ether oxygens (including phenoxy) is 4. The van der Waals surface area contributed by atoms with Crippen LogP contribution in [0.5, 0.6) is 0 Å². The normalized spacial score (nSPS) is 25.4. The summed E-state index contributed by atoms with van der Waals surface area (Å²) in [6.45, 7) is 2.67. The number of hydrogen-bond acceptors (Lipinski definition) is 13. The molecule has 0 aromatic carbocycles. The van der Waals surface area contributed by atoms with Gasteiger partial charge in [0.05, 0.1) is 32.0 Å².